The van der Waals surface area contributed by atoms with Gasteiger partial charge in [-0.2, -0.15) is 0 Å². The minimum Gasteiger partial charge on any atom is -0.368 e. The minimum absolute atomic E-state index is 0.105. The van der Waals surface area contributed by atoms with Gasteiger partial charge in [0, 0.05) is 36.8 Å². The first kappa shape index (κ1) is 21.2. The first-order valence-corrected chi connectivity index (χ1v) is 12.1. The highest BCUT2D eigenvalue weighted by molar-refractivity contribution is 5.82. The van der Waals surface area contributed by atoms with Gasteiger partial charge in [-0.05, 0) is 80.4 Å². The van der Waals surface area contributed by atoms with Gasteiger partial charge < -0.3 is 4.90 Å². The second-order valence-electron chi connectivity index (χ2n) is 9.28. The third kappa shape index (κ3) is 4.06. The van der Waals surface area contributed by atoms with Crippen LogP contribution in [0.3, 0.4) is 0 Å². The van der Waals surface area contributed by atoms with E-state index in [1.54, 1.807) is 10.8 Å². The summed E-state index contributed by atoms with van der Waals surface area (Å²) in [4.78, 5) is 17.8. The molecule has 0 N–H and O–H groups in total. The molecule has 3 aromatic rings. The molecule has 2 fully saturated rings. The Labute approximate surface area is 189 Å². The number of aromatic nitrogens is 1. The molecule has 1 atom stereocenters. The van der Waals surface area contributed by atoms with Gasteiger partial charge in [0.15, 0.2) is 0 Å². The van der Waals surface area contributed by atoms with Gasteiger partial charge in [0.2, 0.25) is 0 Å². The number of hydrogen-bond donors (Lipinski definition) is 0. The Morgan fingerprint density at radius 2 is 1.88 bits per heavy atom. The van der Waals surface area contributed by atoms with E-state index in [2.05, 4.69) is 22.8 Å². The Kier molecular flexibility index (Phi) is 6.01. The van der Waals surface area contributed by atoms with Gasteiger partial charge >= 0.3 is 0 Å². The lowest BCUT2D eigenvalue weighted by atomic mass is 10.0. The number of likely N-dealkylation sites (tertiary alicyclic amines) is 1. The zero-order chi connectivity index (χ0) is 22.1. The molecule has 0 bridgehead atoms. The molecule has 2 aliphatic rings. The largest absolute Gasteiger partial charge is 0.368 e. The van der Waals surface area contributed by atoms with Crippen LogP contribution < -0.4 is 10.5 Å². The summed E-state index contributed by atoms with van der Waals surface area (Å²) in [5, 5.41) is 1.62. The first-order valence-electron chi connectivity index (χ1n) is 12.1. The van der Waals surface area contributed by atoms with E-state index >= 15 is 4.39 Å². The highest BCUT2D eigenvalue weighted by atomic mass is 19.1. The van der Waals surface area contributed by atoms with Crippen molar-refractivity contribution in [3.8, 4) is 5.69 Å². The van der Waals surface area contributed by atoms with Crippen LogP contribution in [0.2, 0.25) is 0 Å². The Balaban J connectivity index is 1.39. The van der Waals surface area contributed by atoms with Crippen molar-refractivity contribution < 1.29 is 4.39 Å². The standard InChI is InChI=1S/C27H32FN3O/c1-2-3-6-20-7-9-24-21(17-20)11-16-31(27(24)32)22-8-10-26(25(28)18-22)30-15-12-23(19-30)29-13-4-5-14-29/h7-11,16-18,23H,2-6,12-15,19H2,1H3. The van der Waals surface area contributed by atoms with Crippen LogP contribution in [0.4, 0.5) is 10.1 Å². The smallest absolute Gasteiger partial charge is 0.262 e. The lowest BCUT2D eigenvalue weighted by Crippen LogP contribution is -2.35. The second-order valence-corrected chi connectivity index (χ2v) is 9.28. The fraction of sp³-hybridized carbons (Fsp3) is 0.444. The highest BCUT2D eigenvalue weighted by Crippen LogP contribution is 2.28. The lowest BCUT2D eigenvalue weighted by molar-refractivity contribution is 0.260. The molecular formula is C27H32FN3O. The maximum Gasteiger partial charge on any atom is 0.262 e. The summed E-state index contributed by atoms with van der Waals surface area (Å²) in [7, 11) is 0. The molecule has 168 valence electrons. The molecule has 5 heteroatoms. The summed E-state index contributed by atoms with van der Waals surface area (Å²) in [5.41, 5.74) is 2.37. The Morgan fingerprint density at radius 1 is 1.03 bits per heavy atom. The molecule has 4 nitrogen and oxygen atoms in total. The molecule has 2 aromatic carbocycles. The van der Waals surface area contributed by atoms with Crippen molar-refractivity contribution in [2.24, 2.45) is 0 Å². The van der Waals surface area contributed by atoms with Crippen LogP contribution in [0.25, 0.3) is 16.5 Å². The van der Waals surface area contributed by atoms with Crippen molar-refractivity contribution >= 4 is 16.5 Å². The number of rotatable bonds is 6. The van der Waals surface area contributed by atoms with Gasteiger partial charge in [-0.1, -0.05) is 25.5 Å². The number of pyridine rings is 1. The van der Waals surface area contributed by atoms with Gasteiger partial charge in [-0.15, -0.1) is 0 Å². The van der Waals surface area contributed by atoms with Crippen molar-refractivity contribution in [3.63, 3.8) is 0 Å². The summed E-state index contributed by atoms with van der Waals surface area (Å²) in [5.74, 6) is -0.258. The molecule has 1 unspecified atom stereocenters. The molecule has 2 saturated heterocycles. The Morgan fingerprint density at radius 3 is 2.66 bits per heavy atom. The molecule has 0 amide bonds. The van der Waals surface area contributed by atoms with E-state index in [1.807, 2.05) is 30.3 Å². The summed E-state index contributed by atoms with van der Waals surface area (Å²) >= 11 is 0. The van der Waals surface area contributed by atoms with Crippen LogP contribution in [0, 0.1) is 5.82 Å². The van der Waals surface area contributed by atoms with Crippen LogP contribution in [-0.4, -0.2) is 41.7 Å². The fourth-order valence-electron chi connectivity index (χ4n) is 5.30. The summed E-state index contributed by atoms with van der Waals surface area (Å²) in [6.07, 6.45) is 8.73. The number of anilines is 1. The number of halogens is 1. The SMILES string of the molecule is CCCCc1ccc2c(=O)n(-c3ccc(N4CCC(N5CCCC5)C4)c(F)c3)ccc2c1. The summed E-state index contributed by atoms with van der Waals surface area (Å²) < 4.78 is 16.7. The third-order valence-corrected chi connectivity index (χ3v) is 7.16. The molecule has 0 radical (unpaired) electrons. The number of aryl methyl sites for hydroxylation is 1. The molecule has 3 heterocycles. The number of fused-ring (bicyclic) bond motifs is 1. The second kappa shape index (κ2) is 9.07. The van der Waals surface area contributed by atoms with Crippen molar-refractivity contribution in [1.29, 1.82) is 0 Å². The predicted octanol–water partition coefficient (Wildman–Crippen LogP) is 5.15. The van der Waals surface area contributed by atoms with Crippen molar-refractivity contribution in [3.05, 3.63) is 70.4 Å². The molecule has 1 aromatic heterocycles. The van der Waals surface area contributed by atoms with Crippen molar-refractivity contribution in [2.45, 2.75) is 51.5 Å². The van der Waals surface area contributed by atoms with E-state index in [0.29, 0.717) is 22.8 Å². The molecule has 0 spiro atoms. The average Bonchev–Trinajstić information content (AvgIpc) is 3.50. The molecular weight excluding hydrogens is 401 g/mol. The fourth-order valence-corrected chi connectivity index (χ4v) is 5.30. The molecule has 5 rings (SSSR count). The highest BCUT2D eigenvalue weighted by Gasteiger charge is 2.30. The molecule has 32 heavy (non-hydrogen) atoms. The van der Waals surface area contributed by atoms with E-state index in [-0.39, 0.29) is 11.4 Å². The van der Waals surface area contributed by atoms with E-state index < -0.39 is 0 Å². The van der Waals surface area contributed by atoms with Crippen LogP contribution in [0.1, 0.15) is 44.6 Å². The zero-order valence-corrected chi connectivity index (χ0v) is 18.9. The van der Waals surface area contributed by atoms with Crippen LogP contribution in [0.5, 0.6) is 0 Å². The van der Waals surface area contributed by atoms with E-state index in [9.17, 15) is 4.79 Å². The zero-order valence-electron chi connectivity index (χ0n) is 18.9. The van der Waals surface area contributed by atoms with Gasteiger partial charge in [0.05, 0.1) is 11.4 Å². The quantitative estimate of drug-likeness (QED) is 0.538. The van der Waals surface area contributed by atoms with Gasteiger partial charge in [0.25, 0.3) is 5.56 Å². The number of benzene rings is 2. The average molecular weight is 434 g/mol. The van der Waals surface area contributed by atoms with Crippen LogP contribution >= 0.6 is 0 Å². The van der Waals surface area contributed by atoms with Crippen LogP contribution in [0.15, 0.2) is 53.5 Å². The monoisotopic (exact) mass is 433 g/mol. The van der Waals surface area contributed by atoms with Crippen molar-refractivity contribution in [1.82, 2.24) is 9.47 Å². The third-order valence-electron chi connectivity index (χ3n) is 7.16. The van der Waals surface area contributed by atoms with Gasteiger partial charge in [-0.3, -0.25) is 14.3 Å². The number of unbranched alkanes of at least 4 members (excludes halogenated alkanes) is 1. The normalized spacial score (nSPS) is 19.3. The van der Waals surface area contributed by atoms with E-state index in [0.717, 1.165) is 44.2 Å². The molecule has 0 saturated carbocycles. The van der Waals surface area contributed by atoms with Crippen molar-refractivity contribution in [2.75, 3.05) is 31.1 Å². The van der Waals surface area contributed by atoms with Gasteiger partial charge in [-0.25, -0.2) is 4.39 Å². The number of nitrogens with zero attached hydrogens (tertiary/aromatic N) is 3. The lowest BCUT2D eigenvalue weighted by Gasteiger charge is -2.25. The van der Waals surface area contributed by atoms with Gasteiger partial charge in [0.1, 0.15) is 5.82 Å². The topological polar surface area (TPSA) is 28.5 Å². The maximum atomic E-state index is 15.1. The Bertz CT molecular complexity index is 1170. The first-order chi connectivity index (χ1) is 15.6. The molecule has 0 aliphatic carbocycles. The van der Waals surface area contributed by atoms with Crippen LogP contribution in [-0.2, 0) is 6.42 Å². The van der Waals surface area contributed by atoms with E-state index in [1.165, 1.54) is 37.6 Å². The molecule has 2 aliphatic heterocycles. The minimum atomic E-state index is -0.258. The Hall–Kier alpha value is -2.66. The predicted molar refractivity (Wildman–Crippen MR) is 130 cm³/mol. The summed E-state index contributed by atoms with van der Waals surface area (Å²) in [6.45, 7) is 6.29. The number of hydrogen-bond acceptors (Lipinski definition) is 3. The van der Waals surface area contributed by atoms with E-state index in [4.69, 9.17) is 0 Å². The summed E-state index contributed by atoms with van der Waals surface area (Å²) in [6, 6.07) is 13.7. The maximum absolute atomic E-state index is 15.1.